The highest BCUT2D eigenvalue weighted by Gasteiger charge is 2.71. The molecule has 1 fully saturated rings. The zero-order chi connectivity index (χ0) is 11.0. The third kappa shape index (κ3) is 1.18. The minimum absolute atomic E-state index is 0.0921. The van der Waals surface area contributed by atoms with Crippen LogP contribution < -0.4 is 0 Å². The van der Waals surface area contributed by atoms with Crippen LogP contribution in [0.25, 0.3) is 0 Å². The first-order valence-corrected chi connectivity index (χ1v) is 5.63. The minimum atomic E-state index is 0.0921. The molecular weight excluding hydrogens is 170 g/mol. The lowest BCUT2D eigenvalue weighted by Gasteiger charge is -2.15. The van der Waals surface area contributed by atoms with Crippen LogP contribution in [0.3, 0.4) is 0 Å². The van der Waals surface area contributed by atoms with Gasteiger partial charge in [-0.1, -0.05) is 39.3 Å². The summed E-state index contributed by atoms with van der Waals surface area (Å²) < 4.78 is 0. The average Bonchev–Trinajstić information content (AvgIpc) is 2.66. The van der Waals surface area contributed by atoms with Gasteiger partial charge in [0, 0.05) is 11.3 Å². The Kier molecular flexibility index (Phi) is 2.89. The first kappa shape index (κ1) is 11.5. The van der Waals surface area contributed by atoms with Crippen LogP contribution in [0.2, 0.25) is 0 Å². The van der Waals surface area contributed by atoms with Gasteiger partial charge in [-0.25, -0.2) is 0 Å². The van der Waals surface area contributed by atoms with Gasteiger partial charge in [0.2, 0.25) is 0 Å². The second kappa shape index (κ2) is 3.52. The number of hydrogen-bond donors (Lipinski definition) is 0. The Morgan fingerprint density at radius 2 is 2.00 bits per heavy atom. The van der Waals surface area contributed by atoms with Crippen LogP contribution in [0.1, 0.15) is 47.0 Å². The summed E-state index contributed by atoms with van der Waals surface area (Å²) in [5.41, 5.74) is 1.69. The molecule has 0 aromatic rings. The van der Waals surface area contributed by atoms with E-state index >= 15 is 0 Å². The van der Waals surface area contributed by atoms with Gasteiger partial charge < -0.3 is 0 Å². The lowest BCUT2D eigenvalue weighted by Crippen LogP contribution is -2.14. The second-order valence-electron chi connectivity index (χ2n) is 4.88. The standard InChI is InChI=1S/C13H23N/c1-7-9-12(5)11(10(3)4)13(12,8-2)14-6/h11H,3,6-9H2,1-2,4-5H3. The van der Waals surface area contributed by atoms with E-state index in [-0.39, 0.29) is 5.54 Å². The summed E-state index contributed by atoms with van der Waals surface area (Å²) >= 11 is 0. The highest BCUT2D eigenvalue weighted by molar-refractivity contribution is 5.40. The van der Waals surface area contributed by atoms with E-state index in [1.807, 2.05) is 0 Å². The molecule has 1 rings (SSSR count). The van der Waals surface area contributed by atoms with Gasteiger partial charge in [0.15, 0.2) is 0 Å². The maximum atomic E-state index is 4.41. The Labute approximate surface area is 88.3 Å². The molecule has 0 N–H and O–H groups in total. The molecule has 1 heteroatoms. The molecule has 3 atom stereocenters. The van der Waals surface area contributed by atoms with Gasteiger partial charge in [0.1, 0.15) is 0 Å². The number of nitrogens with zero attached hydrogens (tertiary/aromatic N) is 1. The van der Waals surface area contributed by atoms with Crippen LogP contribution in [0, 0.1) is 11.3 Å². The largest absolute Gasteiger partial charge is 0.293 e. The third-order valence-corrected chi connectivity index (χ3v) is 4.10. The summed E-state index contributed by atoms with van der Waals surface area (Å²) in [5.74, 6) is 0.553. The first-order valence-electron chi connectivity index (χ1n) is 5.63. The van der Waals surface area contributed by atoms with E-state index < -0.39 is 0 Å². The molecule has 0 bridgehead atoms. The van der Waals surface area contributed by atoms with Gasteiger partial charge in [-0.2, -0.15) is 0 Å². The molecule has 1 aliphatic rings. The van der Waals surface area contributed by atoms with Gasteiger partial charge in [-0.15, -0.1) is 0 Å². The van der Waals surface area contributed by atoms with Crippen LogP contribution in [-0.4, -0.2) is 12.3 Å². The molecule has 0 amide bonds. The lowest BCUT2D eigenvalue weighted by atomic mass is 9.94. The van der Waals surface area contributed by atoms with E-state index in [0.29, 0.717) is 11.3 Å². The van der Waals surface area contributed by atoms with E-state index in [1.54, 1.807) is 0 Å². The van der Waals surface area contributed by atoms with Crippen molar-refractivity contribution < 1.29 is 0 Å². The summed E-state index contributed by atoms with van der Waals surface area (Å²) in [7, 11) is 0. The normalized spacial score (nSPS) is 40.7. The van der Waals surface area contributed by atoms with Gasteiger partial charge in [-0.05, 0) is 26.5 Å². The summed E-state index contributed by atoms with van der Waals surface area (Å²) in [5, 5.41) is 0. The SMILES string of the molecule is C=NC1(CC)C(C(=C)C)C1(C)CCC. The van der Waals surface area contributed by atoms with Crippen molar-refractivity contribution >= 4 is 6.72 Å². The number of hydrogen-bond acceptors (Lipinski definition) is 1. The maximum absolute atomic E-state index is 4.41. The van der Waals surface area contributed by atoms with Gasteiger partial charge in [0.25, 0.3) is 0 Å². The molecule has 0 heterocycles. The minimum Gasteiger partial charge on any atom is -0.293 e. The van der Waals surface area contributed by atoms with Crippen molar-refractivity contribution in [3.63, 3.8) is 0 Å². The van der Waals surface area contributed by atoms with Gasteiger partial charge in [-0.3, -0.25) is 4.99 Å². The van der Waals surface area contributed by atoms with Crippen LogP contribution in [-0.2, 0) is 0 Å². The molecule has 3 unspecified atom stereocenters. The number of rotatable bonds is 5. The van der Waals surface area contributed by atoms with Crippen LogP contribution in [0.15, 0.2) is 17.1 Å². The molecule has 0 radical (unpaired) electrons. The summed E-state index contributed by atoms with van der Waals surface area (Å²) in [6, 6.07) is 0. The Morgan fingerprint density at radius 3 is 2.21 bits per heavy atom. The highest BCUT2D eigenvalue weighted by atomic mass is 15.0. The molecule has 1 saturated carbocycles. The van der Waals surface area contributed by atoms with Crippen LogP contribution >= 0.6 is 0 Å². The molecule has 0 spiro atoms. The molecule has 0 saturated heterocycles. The van der Waals surface area contributed by atoms with Crippen LogP contribution in [0.5, 0.6) is 0 Å². The van der Waals surface area contributed by atoms with Crippen molar-refractivity contribution in [2.24, 2.45) is 16.3 Å². The Balaban J connectivity index is 2.97. The number of aliphatic imine (C=N–C) groups is 1. The van der Waals surface area contributed by atoms with Crippen molar-refractivity contribution in [1.82, 2.24) is 0 Å². The van der Waals surface area contributed by atoms with Crippen molar-refractivity contribution in [3.05, 3.63) is 12.2 Å². The smallest absolute Gasteiger partial charge is 0.0729 e. The summed E-state index contributed by atoms with van der Waals surface area (Å²) in [6.07, 6.45) is 3.54. The molecule has 80 valence electrons. The third-order valence-electron chi connectivity index (χ3n) is 4.10. The molecular formula is C13H23N. The molecule has 0 aromatic heterocycles. The topological polar surface area (TPSA) is 12.4 Å². The summed E-state index contributed by atoms with van der Waals surface area (Å²) in [6.45, 7) is 16.8. The van der Waals surface area contributed by atoms with E-state index in [4.69, 9.17) is 0 Å². The molecule has 1 nitrogen and oxygen atoms in total. The van der Waals surface area contributed by atoms with Crippen molar-refractivity contribution in [1.29, 1.82) is 0 Å². The molecule has 1 aliphatic carbocycles. The highest BCUT2D eigenvalue weighted by Crippen LogP contribution is 2.70. The van der Waals surface area contributed by atoms with Gasteiger partial charge >= 0.3 is 0 Å². The second-order valence-corrected chi connectivity index (χ2v) is 4.88. The Hall–Kier alpha value is -0.590. The van der Waals surface area contributed by atoms with E-state index in [1.165, 1.54) is 18.4 Å². The van der Waals surface area contributed by atoms with Crippen molar-refractivity contribution in [3.8, 4) is 0 Å². The Bertz CT molecular complexity index is 256. The maximum Gasteiger partial charge on any atom is 0.0729 e. The van der Waals surface area contributed by atoms with E-state index in [2.05, 4.69) is 46.0 Å². The average molecular weight is 193 g/mol. The van der Waals surface area contributed by atoms with Gasteiger partial charge in [0.05, 0.1) is 5.54 Å². The summed E-state index contributed by atoms with van der Waals surface area (Å²) in [4.78, 5) is 4.41. The Morgan fingerprint density at radius 1 is 1.43 bits per heavy atom. The monoisotopic (exact) mass is 193 g/mol. The fourth-order valence-corrected chi connectivity index (χ4v) is 3.56. The quantitative estimate of drug-likeness (QED) is 0.464. The fourth-order valence-electron chi connectivity index (χ4n) is 3.56. The molecule has 0 aliphatic heterocycles. The molecule has 0 aromatic carbocycles. The zero-order valence-electron chi connectivity index (χ0n) is 10.1. The van der Waals surface area contributed by atoms with E-state index in [0.717, 1.165) is 6.42 Å². The van der Waals surface area contributed by atoms with E-state index in [9.17, 15) is 0 Å². The fraction of sp³-hybridized carbons (Fsp3) is 0.769. The zero-order valence-corrected chi connectivity index (χ0v) is 10.1. The predicted octanol–water partition coefficient (Wildman–Crippen LogP) is 3.85. The first-order chi connectivity index (χ1) is 6.50. The van der Waals surface area contributed by atoms with Crippen molar-refractivity contribution in [2.45, 2.75) is 52.5 Å². The molecule has 14 heavy (non-hydrogen) atoms. The van der Waals surface area contributed by atoms with Crippen molar-refractivity contribution in [2.75, 3.05) is 0 Å². The predicted molar refractivity (Wildman–Crippen MR) is 63.9 cm³/mol. The van der Waals surface area contributed by atoms with Crippen LogP contribution in [0.4, 0.5) is 0 Å². The lowest BCUT2D eigenvalue weighted by molar-refractivity contribution is 0.407.